The van der Waals surface area contributed by atoms with Crippen LogP contribution in [0.5, 0.6) is 0 Å². The van der Waals surface area contributed by atoms with E-state index in [1.807, 2.05) is 24.0 Å². The van der Waals surface area contributed by atoms with Gasteiger partial charge in [0.25, 0.3) is 0 Å². The Kier molecular flexibility index (Phi) is 2.97. The highest BCUT2D eigenvalue weighted by atomic mass is 16.2. The molecule has 1 amide bonds. The maximum atomic E-state index is 12.0. The molecule has 0 fully saturated rings. The first kappa shape index (κ1) is 11.1. The Morgan fingerprint density at radius 1 is 1.56 bits per heavy atom. The summed E-state index contributed by atoms with van der Waals surface area (Å²) in [7, 11) is 0. The molecular formula is C13H18N2O. The standard InChI is InChI=1S/C13H18N2O/c1-3-11(14)13(16)15-7-6-10-8-9(2)4-5-12(10)15/h4-5,8,11H,3,6-7,14H2,1-2H3/t11-/m0/s1. The molecule has 1 atom stereocenters. The molecule has 1 heterocycles. The van der Waals surface area contributed by atoms with Crippen LogP contribution in [0.2, 0.25) is 0 Å². The summed E-state index contributed by atoms with van der Waals surface area (Å²) >= 11 is 0. The lowest BCUT2D eigenvalue weighted by Gasteiger charge is -2.20. The third-order valence-electron chi connectivity index (χ3n) is 3.15. The minimum atomic E-state index is -0.368. The van der Waals surface area contributed by atoms with Crippen molar-refractivity contribution < 1.29 is 4.79 Å². The largest absolute Gasteiger partial charge is 0.320 e. The van der Waals surface area contributed by atoms with Crippen LogP contribution in [0.25, 0.3) is 0 Å². The fourth-order valence-electron chi connectivity index (χ4n) is 2.13. The van der Waals surface area contributed by atoms with Crippen LogP contribution in [0, 0.1) is 6.92 Å². The number of rotatable bonds is 2. The Balaban J connectivity index is 2.27. The molecule has 86 valence electrons. The van der Waals surface area contributed by atoms with Gasteiger partial charge in [-0.25, -0.2) is 0 Å². The topological polar surface area (TPSA) is 46.3 Å². The summed E-state index contributed by atoms with van der Waals surface area (Å²) < 4.78 is 0. The second kappa shape index (κ2) is 4.26. The molecule has 1 aliphatic rings. The van der Waals surface area contributed by atoms with Crippen molar-refractivity contribution in [3.8, 4) is 0 Å². The highest BCUT2D eigenvalue weighted by molar-refractivity contribution is 5.98. The number of hydrogen-bond acceptors (Lipinski definition) is 2. The van der Waals surface area contributed by atoms with Gasteiger partial charge in [0.15, 0.2) is 0 Å². The van der Waals surface area contributed by atoms with Crippen LogP contribution in [0.4, 0.5) is 5.69 Å². The van der Waals surface area contributed by atoms with E-state index in [0.717, 1.165) is 18.7 Å². The number of carbonyl (C=O) groups is 1. The maximum absolute atomic E-state index is 12.0. The number of nitrogens with two attached hydrogens (primary N) is 1. The van der Waals surface area contributed by atoms with Gasteiger partial charge in [-0.2, -0.15) is 0 Å². The van der Waals surface area contributed by atoms with Gasteiger partial charge in [-0.1, -0.05) is 24.6 Å². The van der Waals surface area contributed by atoms with Gasteiger partial charge in [0.2, 0.25) is 5.91 Å². The van der Waals surface area contributed by atoms with E-state index in [0.29, 0.717) is 6.42 Å². The van der Waals surface area contributed by atoms with Gasteiger partial charge in [-0.3, -0.25) is 4.79 Å². The van der Waals surface area contributed by atoms with Gasteiger partial charge < -0.3 is 10.6 Å². The number of benzene rings is 1. The fourth-order valence-corrected chi connectivity index (χ4v) is 2.13. The number of hydrogen-bond donors (Lipinski definition) is 1. The van der Waals surface area contributed by atoms with Crippen LogP contribution in [-0.4, -0.2) is 18.5 Å². The number of anilines is 1. The summed E-state index contributed by atoms with van der Waals surface area (Å²) in [6.45, 7) is 4.78. The first-order chi connectivity index (χ1) is 7.63. The molecule has 1 aromatic rings. The van der Waals surface area contributed by atoms with E-state index < -0.39 is 0 Å². The fraction of sp³-hybridized carbons (Fsp3) is 0.462. The molecule has 0 bridgehead atoms. The smallest absolute Gasteiger partial charge is 0.243 e. The zero-order valence-corrected chi connectivity index (χ0v) is 9.86. The first-order valence-electron chi connectivity index (χ1n) is 5.80. The van der Waals surface area contributed by atoms with Crippen molar-refractivity contribution in [1.82, 2.24) is 0 Å². The molecule has 16 heavy (non-hydrogen) atoms. The predicted molar refractivity (Wildman–Crippen MR) is 65.5 cm³/mol. The molecule has 2 N–H and O–H groups in total. The third-order valence-corrected chi connectivity index (χ3v) is 3.15. The van der Waals surface area contributed by atoms with Gasteiger partial charge in [0.05, 0.1) is 6.04 Å². The van der Waals surface area contributed by atoms with Crippen LogP contribution in [0.3, 0.4) is 0 Å². The highest BCUT2D eigenvalue weighted by Crippen LogP contribution is 2.29. The van der Waals surface area contributed by atoms with Gasteiger partial charge in [0.1, 0.15) is 0 Å². The highest BCUT2D eigenvalue weighted by Gasteiger charge is 2.27. The predicted octanol–water partition coefficient (Wildman–Crippen LogP) is 1.62. The summed E-state index contributed by atoms with van der Waals surface area (Å²) in [4.78, 5) is 13.8. The lowest BCUT2D eigenvalue weighted by molar-refractivity contribution is -0.119. The van der Waals surface area contributed by atoms with Crippen molar-refractivity contribution >= 4 is 11.6 Å². The number of carbonyl (C=O) groups excluding carboxylic acids is 1. The molecule has 1 aliphatic heterocycles. The van der Waals surface area contributed by atoms with Gasteiger partial charge in [-0.05, 0) is 31.4 Å². The molecule has 1 aromatic carbocycles. The van der Waals surface area contributed by atoms with Gasteiger partial charge >= 0.3 is 0 Å². The molecule has 0 aliphatic carbocycles. The molecule has 3 heteroatoms. The molecular weight excluding hydrogens is 200 g/mol. The van der Waals surface area contributed by atoms with E-state index in [4.69, 9.17) is 5.73 Å². The molecule has 0 saturated heterocycles. The zero-order valence-electron chi connectivity index (χ0n) is 9.86. The Labute approximate surface area is 96.2 Å². The molecule has 2 rings (SSSR count). The summed E-state index contributed by atoms with van der Waals surface area (Å²) in [6, 6.07) is 5.85. The third kappa shape index (κ3) is 1.83. The first-order valence-corrected chi connectivity index (χ1v) is 5.80. The normalized spacial score (nSPS) is 16.1. The number of aryl methyl sites for hydroxylation is 1. The molecule has 0 spiro atoms. The number of amides is 1. The van der Waals surface area contributed by atoms with Gasteiger partial charge in [0, 0.05) is 12.2 Å². The Hall–Kier alpha value is -1.35. The molecule has 0 aromatic heterocycles. The van der Waals surface area contributed by atoms with E-state index in [9.17, 15) is 4.79 Å². The average molecular weight is 218 g/mol. The Morgan fingerprint density at radius 2 is 2.31 bits per heavy atom. The minimum absolute atomic E-state index is 0.0464. The quantitative estimate of drug-likeness (QED) is 0.820. The minimum Gasteiger partial charge on any atom is -0.320 e. The molecule has 0 radical (unpaired) electrons. The summed E-state index contributed by atoms with van der Waals surface area (Å²) in [5.74, 6) is 0.0464. The van der Waals surface area contributed by atoms with Crippen LogP contribution in [-0.2, 0) is 11.2 Å². The van der Waals surface area contributed by atoms with E-state index in [1.54, 1.807) is 0 Å². The number of fused-ring (bicyclic) bond motifs is 1. The summed E-state index contributed by atoms with van der Waals surface area (Å²) in [5, 5.41) is 0. The monoisotopic (exact) mass is 218 g/mol. The molecule has 0 saturated carbocycles. The van der Waals surface area contributed by atoms with Gasteiger partial charge in [-0.15, -0.1) is 0 Å². The molecule has 0 unspecified atom stereocenters. The van der Waals surface area contributed by atoms with Crippen LogP contribution in [0.15, 0.2) is 18.2 Å². The summed E-state index contributed by atoms with van der Waals surface area (Å²) in [6.07, 6.45) is 1.63. The second-order valence-corrected chi connectivity index (χ2v) is 4.39. The molecule has 3 nitrogen and oxygen atoms in total. The van der Waals surface area contributed by atoms with Crippen molar-refractivity contribution in [2.45, 2.75) is 32.7 Å². The zero-order chi connectivity index (χ0) is 11.7. The summed E-state index contributed by atoms with van der Waals surface area (Å²) in [5.41, 5.74) is 9.34. The second-order valence-electron chi connectivity index (χ2n) is 4.39. The van der Waals surface area contributed by atoms with Crippen molar-refractivity contribution in [2.75, 3.05) is 11.4 Å². The Morgan fingerprint density at radius 3 is 3.00 bits per heavy atom. The van der Waals surface area contributed by atoms with Crippen LogP contribution >= 0.6 is 0 Å². The van der Waals surface area contributed by atoms with E-state index >= 15 is 0 Å². The van der Waals surface area contributed by atoms with Crippen LogP contribution < -0.4 is 10.6 Å². The van der Waals surface area contributed by atoms with Crippen LogP contribution in [0.1, 0.15) is 24.5 Å². The number of nitrogens with zero attached hydrogens (tertiary/aromatic N) is 1. The van der Waals surface area contributed by atoms with E-state index in [1.165, 1.54) is 11.1 Å². The SMILES string of the molecule is CC[C@H](N)C(=O)N1CCc2cc(C)ccc21. The van der Waals surface area contributed by atoms with Crippen molar-refractivity contribution in [3.63, 3.8) is 0 Å². The van der Waals surface area contributed by atoms with E-state index in [-0.39, 0.29) is 11.9 Å². The van der Waals surface area contributed by atoms with Crippen molar-refractivity contribution in [2.24, 2.45) is 5.73 Å². The van der Waals surface area contributed by atoms with Crippen molar-refractivity contribution in [1.29, 1.82) is 0 Å². The Bertz CT molecular complexity index is 414. The average Bonchev–Trinajstić information content (AvgIpc) is 2.69. The van der Waals surface area contributed by atoms with Crippen molar-refractivity contribution in [3.05, 3.63) is 29.3 Å². The maximum Gasteiger partial charge on any atom is 0.243 e. The lowest BCUT2D eigenvalue weighted by atomic mass is 10.1. The van der Waals surface area contributed by atoms with E-state index in [2.05, 4.69) is 13.0 Å². The lowest BCUT2D eigenvalue weighted by Crippen LogP contribution is -2.42.